The first-order chi connectivity index (χ1) is 18.6. The van der Waals surface area contributed by atoms with Crippen LogP contribution in [0.4, 0.5) is 105 Å². The number of carbonyl (C=O) groups excluding carboxylic acids is 1. The Bertz CT molecular complexity index is 946. The summed E-state index contributed by atoms with van der Waals surface area (Å²) in [4.78, 5) is 12.2. The van der Waals surface area contributed by atoms with Gasteiger partial charge in [-0.25, -0.2) is 0 Å². The van der Waals surface area contributed by atoms with E-state index in [4.69, 9.17) is 0 Å². The summed E-state index contributed by atoms with van der Waals surface area (Å²) in [6.07, 6.45) is -69.6. The van der Waals surface area contributed by atoms with E-state index in [9.17, 15) is 110 Å². The predicted octanol–water partition coefficient (Wildman–Crippen LogP) is 8.29. The molecule has 0 unspecified atom stereocenters. The number of halogens is 24. The Balaban J connectivity index is 3.61. The second-order valence-electron chi connectivity index (χ2n) is 8.40. The molecular formula is C14H3F24O5P. The second-order valence-corrected chi connectivity index (χ2v) is 11.4. The summed E-state index contributed by atoms with van der Waals surface area (Å²) in [5, 5.41) is 0. The third-order valence-corrected chi connectivity index (χ3v) is 9.26. The predicted molar refractivity (Wildman–Crippen MR) is 81.3 cm³/mol. The van der Waals surface area contributed by atoms with Gasteiger partial charge in [-0.05, 0) is 0 Å². The van der Waals surface area contributed by atoms with Crippen molar-refractivity contribution in [2.24, 2.45) is 0 Å². The van der Waals surface area contributed by atoms with E-state index >= 15 is 0 Å². The third-order valence-electron chi connectivity index (χ3n) is 5.88. The first-order valence-electron chi connectivity index (χ1n) is 9.51. The zero-order valence-electron chi connectivity index (χ0n) is 19.1. The van der Waals surface area contributed by atoms with Crippen molar-refractivity contribution in [1.82, 2.24) is 0 Å². The van der Waals surface area contributed by atoms with Crippen molar-refractivity contribution < 1.29 is 128 Å². The number of rotatable bonds is 1. The average Bonchev–Trinajstić information content (AvgIpc) is 3.16. The van der Waals surface area contributed by atoms with Crippen LogP contribution in [-0.2, 0) is 22.9 Å². The summed E-state index contributed by atoms with van der Waals surface area (Å²) in [6, 6.07) is 0. The number of alkyl halides is 24. The zero-order chi connectivity index (χ0) is 35.9. The van der Waals surface area contributed by atoms with Gasteiger partial charge in [0, 0.05) is 0 Å². The van der Waals surface area contributed by atoms with E-state index in [1.165, 1.54) is 0 Å². The summed E-state index contributed by atoms with van der Waals surface area (Å²) < 4.78 is 341. The van der Waals surface area contributed by atoms with Crippen LogP contribution in [0.1, 0.15) is 6.92 Å². The molecule has 2 aliphatic heterocycles. The summed E-state index contributed by atoms with van der Waals surface area (Å²) in [5.74, 6) is 0. The normalized spacial score (nSPS) is 26.3. The van der Waals surface area contributed by atoms with Gasteiger partial charge in [-0.2, -0.15) is 0 Å². The van der Waals surface area contributed by atoms with Crippen LogP contribution in [0.2, 0.25) is 0 Å². The Morgan fingerprint density at radius 2 is 0.477 bits per heavy atom. The molecule has 0 aromatic carbocycles. The molecule has 2 aliphatic rings. The van der Waals surface area contributed by atoms with E-state index in [1.54, 1.807) is 0 Å². The van der Waals surface area contributed by atoms with Crippen molar-refractivity contribution in [3.05, 3.63) is 0 Å². The van der Waals surface area contributed by atoms with Crippen LogP contribution >= 0.6 is 7.51 Å². The molecule has 0 radical (unpaired) electrons. The summed E-state index contributed by atoms with van der Waals surface area (Å²) in [7, 11) is -11.0. The maximum atomic E-state index is 13.8. The van der Waals surface area contributed by atoms with E-state index in [2.05, 4.69) is 18.1 Å². The van der Waals surface area contributed by atoms with Crippen molar-refractivity contribution in [3.8, 4) is 0 Å². The number of hydrogen-bond donors (Lipinski definition) is 0. The molecule has 2 heterocycles. The van der Waals surface area contributed by atoms with Crippen LogP contribution in [0, 0.1) is 0 Å². The van der Waals surface area contributed by atoms with Crippen LogP contribution < -0.4 is 0 Å². The molecule has 2 rings (SSSR count). The molecule has 262 valence electrons. The Labute approximate surface area is 221 Å². The molecule has 0 bridgehead atoms. The molecule has 0 aromatic rings. The van der Waals surface area contributed by atoms with E-state index in [0.717, 1.165) is 0 Å². The number of hydrogen-bond acceptors (Lipinski definition) is 5. The van der Waals surface area contributed by atoms with Crippen molar-refractivity contribution in [3.63, 3.8) is 0 Å². The van der Waals surface area contributed by atoms with Gasteiger partial charge in [0.05, 0.1) is 0 Å². The van der Waals surface area contributed by atoms with Gasteiger partial charge in [-0.15, -0.1) is 0 Å². The fraction of sp³-hybridized carbons (Fsp3) is 0.929. The molecule has 0 aliphatic carbocycles. The zero-order valence-corrected chi connectivity index (χ0v) is 20.0. The van der Waals surface area contributed by atoms with Gasteiger partial charge in [-0.3, -0.25) is 0 Å². The van der Waals surface area contributed by atoms with Crippen LogP contribution in [0.15, 0.2) is 0 Å². The van der Waals surface area contributed by atoms with E-state index < -0.39 is 91.8 Å². The van der Waals surface area contributed by atoms with Gasteiger partial charge in [0.15, 0.2) is 0 Å². The maximum absolute atomic E-state index is 13.8. The second kappa shape index (κ2) is 8.78. The number of carbonyl (C=O) groups is 1. The molecule has 30 heteroatoms. The van der Waals surface area contributed by atoms with Crippen LogP contribution in [0.5, 0.6) is 0 Å². The van der Waals surface area contributed by atoms with Gasteiger partial charge in [0.25, 0.3) is 0 Å². The minimum atomic E-state index is -11.0. The first kappa shape index (κ1) is 38.4. The molecule has 0 N–H and O–H groups in total. The van der Waals surface area contributed by atoms with Crippen LogP contribution in [0.25, 0.3) is 0 Å². The summed E-state index contributed by atoms with van der Waals surface area (Å²) in [5.41, 5.74) is -39.3. The molecule has 0 amide bonds. The van der Waals surface area contributed by atoms with Gasteiger partial charge in [-0.1, -0.05) is 0 Å². The van der Waals surface area contributed by atoms with Crippen molar-refractivity contribution in [1.29, 1.82) is 0 Å². The Kier molecular flexibility index (Phi) is 7.67. The third kappa shape index (κ3) is 4.02. The van der Waals surface area contributed by atoms with Gasteiger partial charge >= 0.3 is 220 Å². The Hall–Kier alpha value is -1.74. The minimum absolute atomic E-state index is 1.35. The van der Waals surface area contributed by atoms with Crippen molar-refractivity contribution >= 4 is 13.0 Å². The molecule has 0 saturated carbocycles. The van der Waals surface area contributed by atoms with E-state index in [1.807, 2.05) is 0 Å². The van der Waals surface area contributed by atoms with E-state index in [0.29, 0.717) is 0 Å². The average molecular weight is 738 g/mol. The molecule has 2 fully saturated rings. The first-order valence-corrected chi connectivity index (χ1v) is 11.4. The van der Waals surface area contributed by atoms with Crippen molar-refractivity contribution in [2.45, 2.75) is 78.7 Å². The fourth-order valence-electron chi connectivity index (χ4n) is 4.22. The molecule has 5 nitrogen and oxygen atoms in total. The molecule has 2 saturated heterocycles. The topological polar surface area (TPSA) is 54.0 Å². The quantitative estimate of drug-likeness (QED) is 0.200. The Morgan fingerprint density at radius 1 is 0.364 bits per heavy atom. The standard InChI is InChI=1S/C14H3F24O5P/c1-2(39)44(40-3(7(15,16)17,8(18,19)20)4(41-44,9(21,22)23)10(24,25)26)42-5(11(27,28)29,12(30,31)32)6(43-44,13(33,34)35)14(36,37)38/h1H3. The fourth-order valence-corrected chi connectivity index (χ4v) is 8.19. The van der Waals surface area contributed by atoms with Gasteiger partial charge in [0.2, 0.25) is 0 Å². The van der Waals surface area contributed by atoms with Crippen LogP contribution in [-0.4, -0.2) is 77.3 Å². The molecule has 1 spiro atoms. The van der Waals surface area contributed by atoms with Crippen molar-refractivity contribution in [2.75, 3.05) is 0 Å². The van der Waals surface area contributed by atoms with E-state index in [-0.39, 0.29) is 0 Å². The molecule has 0 aromatic heterocycles. The molecule has 0 atom stereocenters. The van der Waals surface area contributed by atoms with Gasteiger partial charge < -0.3 is 0 Å². The Morgan fingerprint density at radius 3 is 0.545 bits per heavy atom. The van der Waals surface area contributed by atoms with Gasteiger partial charge in [0.1, 0.15) is 0 Å². The monoisotopic (exact) mass is 738 g/mol. The summed E-state index contributed by atoms with van der Waals surface area (Å²) >= 11 is 0. The van der Waals surface area contributed by atoms with Crippen LogP contribution in [0.3, 0.4) is 0 Å². The summed E-state index contributed by atoms with van der Waals surface area (Å²) in [6.45, 7) is -1.35. The molecule has 44 heavy (non-hydrogen) atoms. The SMILES string of the molecule is CC(=O)P12(OC(C(F)(F)F)(C(F)(F)F)C(C(F)(F)F)(C(F)(F)F)O1)OC(C(F)(F)F)(C(F)(F)F)C(C(F)(F)F)(C(F)(F)F)O2. The molecular weight excluding hydrogens is 735 g/mol.